The number of carbonyl (C=O) groups is 1. The standard InChI is InChI=1S/C24H33BrN6O2/c1-15(2)27-23(32)19-5-4-6-21(19)29-22-20(25)13-26-24(30-22)28-16-7-9-17(10-8-16)33-18-11-12-31(3)14-18/h7-10,13,15,18-19,21H,4-6,11-12,14H2,1-3H3,(H,27,32)(H2,26,28,29,30)/t18-,19+,21-/m1/s1. The van der Waals surface area contributed by atoms with Gasteiger partial charge in [-0.05, 0) is 80.4 Å². The Hall–Kier alpha value is -2.39. The summed E-state index contributed by atoms with van der Waals surface area (Å²) >= 11 is 3.54. The summed E-state index contributed by atoms with van der Waals surface area (Å²) < 4.78 is 6.84. The largest absolute Gasteiger partial charge is 0.489 e. The van der Waals surface area contributed by atoms with Gasteiger partial charge in [0.05, 0.1) is 10.4 Å². The fourth-order valence-corrected chi connectivity index (χ4v) is 4.78. The monoisotopic (exact) mass is 516 g/mol. The first-order chi connectivity index (χ1) is 15.9. The number of anilines is 3. The van der Waals surface area contributed by atoms with Crippen LogP contribution < -0.4 is 20.7 Å². The first-order valence-electron chi connectivity index (χ1n) is 11.7. The number of benzene rings is 1. The third-order valence-corrected chi connectivity index (χ3v) is 6.69. The molecule has 1 aliphatic carbocycles. The maximum absolute atomic E-state index is 12.6. The highest BCUT2D eigenvalue weighted by molar-refractivity contribution is 9.10. The van der Waals surface area contributed by atoms with Crippen LogP contribution in [-0.2, 0) is 4.79 Å². The Kier molecular flexibility index (Phi) is 7.70. The lowest BCUT2D eigenvalue weighted by Crippen LogP contribution is -2.41. The molecule has 4 rings (SSSR count). The number of amides is 1. The molecule has 2 aliphatic rings. The third kappa shape index (κ3) is 6.35. The molecule has 3 atom stereocenters. The van der Waals surface area contributed by atoms with Gasteiger partial charge >= 0.3 is 0 Å². The van der Waals surface area contributed by atoms with Crippen LogP contribution in [0.1, 0.15) is 39.5 Å². The smallest absolute Gasteiger partial charge is 0.229 e. The maximum atomic E-state index is 12.6. The van der Waals surface area contributed by atoms with Gasteiger partial charge in [-0.1, -0.05) is 6.42 Å². The number of nitrogens with zero attached hydrogens (tertiary/aromatic N) is 3. The molecular weight excluding hydrogens is 484 g/mol. The van der Waals surface area contributed by atoms with Crippen LogP contribution in [0.15, 0.2) is 34.9 Å². The van der Waals surface area contributed by atoms with E-state index >= 15 is 0 Å². The van der Waals surface area contributed by atoms with Crippen molar-refractivity contribution in [2.24, 2.45) is 5.92 Å². The lowest BCUT2D eigenvalue weighted by Gasteiger charge is -2.22. The summed E-state index contributed by atoms with van der Waals surface area (Å²) in [6.45, 7) is 6.01. The molecule has 0 radical (unpaired) electrons. The van der Waals surface area contributed by atoms with Gasteiger partial charge in [-0.2, -0.15) is 4.98 Å². The molecule has 1 aliphatic heterocycles. The van der Waals surface area contributed by atoms with Gasteiger partial charge in [0.1, 0.15) is 17.7 Å². The molecule has 33 heavy (non-hydrogen) atoms. The molecule has 2 fully saturated rings. The number of likely N-dealkylation sites (tertiary alicyclic amines) is 1. The first-order valence-corrected chi connectivity index (χ1v) is 12.5. The van der Waals surface area contributed by atoms with E-state index in [0.29, 0.717) is 11.8 Å². The number of hydrogen-bond donors (Lipinski definition) is 3. The van der Waals surface area contributed by atoms with Crippen molar-refractivity contribution < 1.29 is 9.53 Å². The Morgan fingerprint density at radius 2 is 2.00 bits per heavy atom. The summed E-state index contributed by atoms with van der Waals surface area (Å²) in [6.07, 6.45) is 5.87. The third-order valence-electron chi connectivity index (χ3n) is 6.11. The molecule has 0 unspecified atom stereocenters. The van der Waals surface area contributed by atoms with E-state index in [0.717, 1.165) is 54.7 Å². The molecule has 3 N–H and O–H groups in total. The average molecular weight is 517 g/mol. The minimum Gasteiger partial charge on any atom is -0.489 e. The van der Waals surface area contributed by atoms with Gasteiger partial charge in [0.15, 0.2) is 0 Å². The normalized spacial score (nSPS) is 23.0. The topological polar surface area (TPSA) is 91.4 Å². The van der Waals surface area contributed by atoms with Crippen LogP contribution in [0.5, 0.6) is 5.75 Å². The molecule has 8 nitrogen and oxygen atoms in total. The summed E-state index contributed by atoms with van der Waals surface area (Å²) in [4.78, 5) is 23.9. The summed E-state index contributed by atoms with van der Waals surface area (Å²) in [6, 6.07) is 8.06. The second kappa shape index (κ2) is 10.7. The Morgan fingerprint density at radius 3 is 2.70 bits per heavy atom. The van der Waals surface area contributed by atoms with Crippen LogP contribution in [0.25, 0.3) is 0 Å². The van der Waals surface area contributed by atoms with Crippen molar-refractivity contribution in [3.05, 3.63) is 34.9 Å². The molecule has 1 aromatic carbocycles. The van der Waals surface area contributed by atoms with Crippen LogP contribution in [0, 0.1) is 5.92 Å². The predicted molar refractivity (Wildman–Crippen MR) is 134 cm³/mol. The summed E-state index contributed by atoms with van der Waals surface area (Å²) in [5, 5.41) is 9.77. The lowest BCUT2D eigenvalue weighted by atomic mass is 10.0. The van der Waals surface area contributed by atoms with Crippen LogP contribution >= 0.6 is 15.9 Å². The number of aromatic nitrogens is 2. The fourth-order valence-electron chi connectivity index (χ4n) is 4.47. The van der Waals surface area contributed by atoms with E-state index in [1.807, 2.05) is 38.1 Å². The van der Waals surface area contributed by atoms with E-state index in [2.05, 4.69) is 53.8 Å². The summed E-state index contributed by atoms with van der Waals surface area (Å²) in [5.74, 6) is 2.10. The molecule has 1 amide bonds. The van der Waals surface area contributed by atoms with Gasteiger partial charge in [0.2, 0.25) is 11.9 Å². The van der Waals surface area contributed by atoms with Crippen LogP contribution in [0.2, 0.25) is 0 Å². The van der Waals surface area contributed by atoms with Crippen molar-refractivity contribution in [3.63, 3.8) is 0 Å². The van der Waals surface area contributed by atoms with Gasteiger partial charge in [-0.3, -0.25) is 4.79 Å². The number of likely N-dealkylation sites (N-methyl/N-ethyl adjacent to an activating group) is 1. The zero-order chi connectivity index (χ0) is 23.4. The zero-order valence-electron chi connectivity index (χ0n) is 19.5. The van der Waals surface area contributed by atoms with E-state index in [1.165, 1.54) is 0 Å². The second-order valence-corrected chi connectivity index (χ2v) is 10.1. The average Bonchev–Trinajstić information content (AvgIpc) is 3.40. The van der Waals surface area contributed by atoms with Gasteiger partial charge in [0.25, 0.3) is 0 Å². The van der Waals surface area contributed by atoms with Crippen molar-refractivity contribution in [2.75, 3.05) is 30.8 Å². The SMILES string of the molecule is CC(C)NC(=O)[C@H]1CCC[C@H]1Nc1nc(Nc2ccc(O[C@@H]3CCN(C)C3)cc2)ncc1Br. The van der Waals surface area contributed by atoms with Crippen molar-refractivity contribution in [1.82, 2.24) is 20.2 Å². The predicted octanol–water partition coefficient (Wildman–Crippen LogP) is 4.17. The lowest BCUT2D eigenvalue weighted by molar-refractivity contribution is -0.125. The van der Waals surface area contributed by atoms with E-state index in [4.69, 9.17) is 4.74 Å². The summed E-state index contributed by atoms with van der Waals surface area (Å²) in [5.41, 5.74) is 0.884. The quantitative estimate of drug-likeness (QED) is 0.484. The molecule has 2 heterocycles. The van der Waals surface area contributed by atoms with E-state index < -0.39 is 0 Å². The van der Waals surface area contributed by atoms with E-state index in [9.17, 15) is 4.79 Å². The molecule has 9 heteroatoms. The Bertz CT molecular complexity index is 954. The van der Waals surface area contributed by atoms with Crippen molar-refractivity contribution in [1.29, 1.82) is 0 Å². The Labute approximate surface area is 204 Å². The van der Waals surface area contributed by atoms with Gasteiger partial charge < -0.3 is 25.6 Å². The Balaban J connectivity index is 1.38. The molecular formula is C24H33BrN6O2. The second-order valence-electron chi connectivity index (χ2n) is 9.28. The zero-order valence-corrected chi connectivity index (χ0v) is 21.1. The van der Waals surface area contributed by atoms with Crippen molar-refractivity contribution in [3.8, 4) is 5.75 Å². The maximum Gasteiger partial charge on any atom is 0.229 e. The number of carbonyl (C=O) groups excluding carboxylic acids is 1. The van der Waals surface area contributed by atoms with Crippen molar-refractivity contribution >= 4 is 39.3 Å². The molecule has 2 aromatic rings. The number of hydrogen-bond acceptors (Lipinski definition) is 7. The number of nitrogens with one attached hydrogen (secondary N) is 3. The molecule has 1 saturated heterocycles. The first kappa shape index (κ1) is 23.8. The minimum atomic E-state index is -0.0575. The highest BCUT2D eigenvalue weighted by atomic mass is 79.9. The van der Waals surface area contributed by atoms with Crippen LogP contribution in [0.4, 0.5) is 17.5 Å². The van der Waals surface area contributed by atoms with Crippen LogP contribution in [0.3, 0.4) is 0 Å². The molecule has 178 valence electrons. The fraction of sp³-hybridized carbons (Fsp3) is 0.542. The van der Waals surface area contributed by atoms with E-state index in [-0.39, 0.29) is 30.0 Å². The van der Waals surface area contributed by atoms with Crippen molar-refractivity contribution in [2.45, 2.75) is 57.7 Å². The number of halogens is 1. The number of ether oxygens (including phenoxy) is 1. The van der Waals surface area contributed by atoms with E-state index in [1.54, 1.807) is 6.20 Å². The van der Waals surface area contributed by atoms with Gasteiger partial charge in [-0.15, -0.1) is 0 Å². The van der Waals surface area contributed by atoms with Crippen LogP contribution in [-0.4, -0.2) is 59.1 Å². The minimum absolute atomic E-state index is 0.0499. The molecule has 0 bridgehead atoms. The van der Waals surface area contributed by atoms with Gasteiger partial charge in [-0.25, -0.2) is 4.98 Å². The highest BCUT2D eigenvalue weighted by Gasteiger charge is 2.33. The Morgan fingerprint density at radius 1 is 1.21 bits per heavy atom. The number of rotatable bonds is 8. The molecule has 1 aromatic heterocycles. The molecule has 1 saturated carbocycles. The van der Waals surface area contributed by atoms with Gasteiger partial charge in [0, 0.05) is 37.1 Å². The molecule has 0 spiro atoms. The summed E-state index contributed by atoms with van der Waals surface area (Å²) in [7, 11) is 2.12. The highest BCUT2D eigenvalue weighted by Crippen LogP contribution is 2.31.